The van der Waals surface area contributed by atoms with E-state index in [1.807, 2.05) is 6.92 Å². The second-order valence-corrected chi connectivity index (χ2v) is 5.09. The molecule has 1 heterocycles. The fourth-order valence-electron chi connectivity index (χ4n) is 2.16. The van der Waals surface area contributed by atoms with E-state index >= 15 is 0 Å². The lowest BCUT2D eigenvalue weighted by atomic mass is 10.0. The average molecular weight is 215 g/mol. The molecule has 1 rings (SSSR count). The van der Waals surface area contributed by atoms with Crippen LogP contribution >= 0.6 is 0 Å². The van der Waals surface area contributed by atoms with E-state index in [4.69, 9.17) is 10.8 Å². The van der Waals surface area contributed by atoms with Crippen LogP contribution in [-0.4, -0.2) is 66.3 Å². The molecular weight excluding hydrogens is 190 g/mol. The molecule has 4 heteroatoms. The Hall–Kier alpha value is -0.160. The Balaban J connectivity index is 2.45. The zero-order valence-electron chi connectivity index (χ0n) is 10.2. The summed E-state index contributed by atoms with van der Waals surface area (Å²) in [5.41, 5.74) is 5.50. The summed E-state index contributed by atoms with van der Waals surface area (Å²) in [5, 5.41) is 9.14. The summed E-state index contributed by atoms with van der Waals surface area (Å²) in [6, 6.07) is 0.633. The largest absolute Gasteiger partial charge is 0.394 e. The second kappa shape index (κ2) is 5.25. The van der Waals surface area contributed by atoms with Crippen LogP contribution in [0.25, 0.3) is 0 Å². The predicted octanol–water partition coefficient (Wildman–Crippen LogP) is -0.278. The van der Waals surface area contributed by atoms with Gasteiger partial charge in [-0.1, -0.05) is 6.92 Å². The smallest absolute Gasteiger partial charge is 0.0621 e. The van der Waals surface area contributed by atoms with Crippen LogP contribution in [0.1, 0.15) is 20.3 Å². The van der Waals surface area contributed by atoms with Crippen molar-refractivity contribution in [1.29, 1.82) is 0 Å². The van der Waals surface area contributed by atoms with Gasteiger partial charge in [0.1, 0.15) is 0 Å². The molecule has 2 unspecified atom stereocenters. The van der Waals surface area contributed by atoms with Crippen molar-refractivity contribution in [2.75, 3.05) is 39.8 Å². The minimum absolute atomic E-state index is 0.0517. The van der Waals surface area contributed by atoms with Crippen LogP contribution in [0.4, 0.5) is 0 Å². The first-order chi connectivity index (χ1) is 6.98. The zero-order chi connectivity index (χ0) is 11.5. The standard InChI is InChI=1S/C11H25N3O/c1-4-10-7-14(6-5-13(10)3)8-11(2,12)9-15/h10,15H,4-9,12H2,1-3H3. The number of nitrogens with two attached hydrogens (primary N) is 1. The van der Waals surface area contributed by atoms with E-state index in [0.29, 0.717) is 6.04 Å². The van der Waals surface area contributed by atoms with E-state index in [1.54, 1.807) is 0 Å². The molecule has 1 saturated heterocycles. The lowest BCUT2D eigenvalue weighted by molar-refractivity contribution is 0.0658. The quantitative estimate of drug-likeness (QED) is 0.677. The summed E-state index contributed by atoms with van der Waals surface area (Å²) in [6.45, 7) is 8.19. The molecule has 1 aliphatic heterocycles. The van der Waals surface area contributed by atoms with Crippen LogP contribution in [0, 0.1) is 0 Å². The Morgan fingerprint density at radius 1 is 1.47 bits per heavy atom. The normalized spacial score (nSPS) is 29.0. The van der Waals surface area contributed by atoms with Gasteiger partial charge in [-0.25, -0.2) is 0 Å². The number of aliphatic hydroxyl groups is 1. The molecule has 0 spiro atoms. The topological polar surface area (TPSA) is 52.7 Å². The molecular formula is C11H25N3O. The maximum Gasteiger partial charge on any atom is 0.0621 e. The molecule has 0 bridgehead atoms. The number of likely N-dealkylation sites (N-methyl/N-ethyl adjacent to an activating group) is 1. The fourth-order valence-corrected chi connectivity index (χ4v) is 2.16. The summed E-state index contributed by atoms with van der Waals surface area (Å²) >= 11 is 0. The van der Waals surface area contributed by atoms with Gasteiger partial charge in [0.05, 0.1) is 6.61 Å². The van der Waals surface area contributed by atoms with E-state index in [1.165, 1.54) is 6.42 Å². The van der Waals surface area contributed by atoms with Gasteiger partial charge >= 0.3 is 0 Å². The highest BCUT2D eigenvalue weighted by Crippen LogP contribution is 2.12. The van der Waals surface area contributed by atoms with Crippen molar-refractivity contribution in [2.24, 2.45) is 5.73 Å². The second-order valence-electron chi connectivity index (χ2n) is 5.09. The molecule has 0 radical (unpaired) electrons. The summed E-state index contributed by atoms with van der Waals surface area (Å²) in [7, 11) is 2.18. The fraction of sp³-hybridized carbons (Fsp3) is 1.00. The molecule has 0 aliphatic carbocycles. The lowest BCUT2D eigenvalue weighted by Crippen LogP contribution is -2.57. The minimum Gasteiger partial charge on any atom is -0.394 e. The summed E-state index contributed by atoms with van der Waals surface area (Å²) in [4.78, 5) is 4.77. The van der Waals surface area contributed by atoms with Gasteiger partial charge in [-0.2, -0.15) is 0 Å². The zero-order valence-corrected chi connectivity index (χ0v) is 10.2. The molecule has 90 valence electrons. The van der Waals surface area contributed by atoms with E-state index < -0.39 is 5.54 Å². The van der Waals surface area contributed by atoms with Crippen LogP contribution in [0.15, 0.2) is 0 Å². The molecule has 1 aliphatic rings. The van der Waals surface area contributed by atoms with Crippen molar-refractivity contribution in [3.8, 4) is 0 Å². The summed E-state index contributed by atoms with van der Waals surface area (Å²) in [5.74, 6) is 0. The van der Waals surface area contributed by atoms with Gasteiger partial charge in [0.25, 0.3) is 0 Å². The molecule has 4 nitrogen and oxygen atoms in total. The van der Waals surface area contributed by atoms with Crippen molar-refractivity contribution in [2.45, 2.75) is 31.8 Å². The van der Waals surface area contributed by atoms with Gasteiger partial charge in [-0.05, 0) is 20.4 Å². The molecule has 0 aromatic carbocycles. The molecule has 1 fully saturated rings. The van der Waals surface area contributed by atoms with Crippen molar-refractivity contribution < 1.29 is 5.11 Å². The molecule has 2 atom stereocenters. The van der Waals surface area contributed by atoms with Crippen LogP contribution in [-0.2, 0) is 0 Å². The van der Waals surface area contributed by atoms with Gasteiger partial charge in [-0.15, -0.1) is 0 Å². The Bertz CT molecular complexity index is 196. The first-order valence-corrected chi connectivity index (χ1v) is 5.81. The van der Waals surface area contributed by atoms with E-state index in [9.17, 15) is 0 Å². The van der Waals surface area contributed by atoms with E-state index in [0.717, 1.165) is 26.2 Å². The predicted molar refractivity (Wildman–Crippen MR) is 62.8 cm³/mol. The summed E-state index contributed by atoms with van der Waals surface area (Å²) in [6.07, 6.45) is 1.17. The number of hydrogen-bond acceptors (Lipinski definition) is 4. The first kappa shape index (κ1) is 12.9. The molecule has 3 N–H and O–H groups in total. The highest BCUT2D eigenvalue weighted by molar-refractivity contribution is 4.86. The Morgan fingerprint density at radius 3 is 2.67 bits per heavy atom. The molecule has 15 heavy (non-hydrogen) atoms. The number of nitrogens with zero attached hydrogens (tertiary/aromatic N) is 2. The lowest BCUT2D eigenvalue weighted by Gasteiger charge is -2.41. The van der Waals surface area contributed by atoms with E-state index in [-0.39, 0.29) is 6.61 Å². The SMILES string of the molecule is CCC1CN(CC(C)(N)CO)CCN1C. The number of hydrogen-bond donors (Lipinski definition) is 2. The Morgan fingerprint density at radius 2 is 2.13 bits per heavy atom. The van der Waals surface area contributed by atoms with E-state index in [2.05, 4.69) is 23.8 Å². The van der Waals surface area contributed by atoms with Crippen LogP contribution < -0.4 is 5.73 Å². The highest BCUT2D eigenvalue weighted by Gasteiger charge is 2.27. The molecule has 0 aromatic rings. The third kappa shape index (κ3) is 3.72. The maximum atomic E-state index is 9.14. The Kier molecular flexibility index (Phi) is 4.52. The molecule has 0 amide bonds. The van der Waals surface area contributed by atoms with Crippen LogP contribution in [0.3, 0.4) is 0 Å². The summed E-state index contributed by atoms with van der Waals surface area (Å²) < 4.78 is 0. The molecule has 0 aromatic heterocycles. The van der Waals surface area contributed by atoms with Gasteiger partial charge in [0.2, 0.25) is 0 Å². The minimum atomic E-state index is -0.464. The van der Waals surface area contributed by atoms with Gasteiger partial charge < -0.3 is 15.7 Å². The van der Waals surface area contributed by atoms with Gasteiger partial charge in [0.15, 0.2) is 0 Å². The van der Waals surface area contributed by atoms with Crippen LogP contribution in [0.5, 0.6) is 0 Å². The van der Waals surface area contributed by atoms with Crippen molar-refractivity contribution in [1.82, 2.24) is 9.80 Å². The maximum absolute atomic E-state index is 9.14. The number of rotatable bonds is 4. The van der Waals surface area contributed by atoms with Gasteiger partial charge in [0, 0.05) is 37.8 Å². The van der Waals surface area contributed by atoms with Crippen molar-refractivity contribution in [3.05, 3.63) is 0 Å². The number of piperazine rings is 1. The van der Waals surface area contributed by atoms with Gasteiger partial charge in [-0.3, -0.25) is 4.90 Å². The van der Waals surface area contributed by atoms with Crippen molar-refractivity contribution in [3.63, 3.8) is 0 Å². The third-order valence-corrected chi connectivity index (χ3v) is 3.28. The number of aliphatic hydroxyl groups excluding tert-OH is 1. The van der Waals surface area contributed by atoms with Crippen molar-refractivity contribution >= 4 is 0 Å². The first-order valence-electron chi connectivity index (χ1n) is 5.81. The Labute approximate surface area is 93.0 Å². The monoisotopic (exact) mass is 215 g/mol. The highest BCUT2D eigenvalue weighted by atomic mass is 16.3. The van der Waals surface area contributed by atoms with Crippen LogP contribution in [0.2, 0.25) is 0 Å². The average Bonchev–Trinajstić information content (AvgIpc) is 2.20. The third-order valence-electron chi connectivity index (χ3n) is 3.28. The molecule has 0 saturated carbocycles.